The van der Waals surface area contributed by atoms with Crippen LogP contribution in [0.4, 0.5) is 0 Å². The number of hydrogen-bond acceptors (Lipinski definition) is 3. The Morgan fingerprint density at radius 3 is 2.68 bits per heavy atom. The Morgan fingerprint density at radius 1 is 1.24 bits per heavy atom. The Kier molecular flexibility index (Phi) is 3.74. The van der Waals surface area contributed by atoms with Crippen LogP contribution in [0.15, 0.2) is 48.9 Å². The molecular weight excluding hydrogens is 359 g/mol. The number of rotatable bonds is 4. The summed E-state index contributed by atoms with van der Waals surface area (Å²) in [6.07, 6.45) is 3.97. The van der Waals surface area contributed by atoms with Crippen molar-refractivity contribution in [3.05, 3.63) is 54.5 Å². The quantitative estimate of drug-likeness (QED) is 0.709. The highest BCUT2D eigenvalue weighted by Gasteiger charge is 2.67. The molecule has 3 aromatic rings. The van der Waals surface area contributed by atoms with E-state index in [1.807, 2.05) is 41.0 Å². The summed E-state index contributed by atoms with van der Waals surface area (Å²) in [7, 11) is 0. The minimum atomic E-state index is -0.957. The van der Waals surface area contributed by atoms with Crippen molar-refractivity contribution < 1.29 is 4.79 Å². The van der Waals surface area contributed by atoms with E-state index in [2.05, 4.69) is 15.3 Å². The number of carbonyl (C=O) groups is 1. The molecule has 1 aliphatic rings. The van der Waals surface area contributed by atoms with Gasteiger partial charge in [-0.2, -0.15) is 0 Å². The van der Waals surface area contributed by atoms with E-state index < -0.39 is 9.75 Å². The van der Waals surface area contributed by atoms with Gasteiger partial charge in [0, 0.05) is 12.7 Å². The average molecular weight is 375 g/mol. The maximum atomic E-state index is 12.2. The molecule has 5 nitrogen and oxygen atoms in total. The van der Waals surface area contributed by atoms with Crippen molar-refractivity contribution in [2.45, 2.75) is 24.2 Å². The molecule has 2 aromatic heterocycles. The molecule has 1 aliphatic carbocycles. The molecule has 7 heteroatoms. The summed E-state index contributed by atoms with van der Waals surface area (Å²) in [5.41, 5.74) is 2.11. The highest BCUT2D eigenvalue weighted by molar-refractivity contribution is 6.53. The van der Waals surface area contributed by atoms with Gasteiger partial charge in [-0.1, -0.05) is 18.2 Å². The number of nitrogens with one attached hydrogen (secondary N) is 1. The number of para-hydroxylation sites is 2. The van der Waals surface area contributed by atoms with E-state index in [0.717, 1.165) is 22.4 Å². The number of hydrogen-bond donors (Lipinski definition) is 1. The van der Waals surface area contributed by atoms with Gasteiger partial charge < -0.3 is 5.32 Å². The Labute approximate surface area is 155 Å². The number of pyridine rings is 1. The van der Waals surface area contributed by atoms with Crippen molar-refractivity contribution in [3.63, 3.8) is 0 Å². The number of fused-ring (bicyclic) bond motifs is 1. The molecule has 25 heavy (non-hydrogen) atoms. The lowest BCUT2D eigenvalue weighted by atomic mass is 10.1. The van der Waals surface area contributed by atoms with Gasteiger partial charge in [-0.3, -0.25) is 9.36 Å². The SMILES string of the molecule is C[C@]1(C(=O)NCc2ccc(-n3cnc4ccccc43)nc2)CC1(Cl)Cl. The molecule has 2 heterocycles. The van der Waals surface area contributed by atoms with Crippen LogP contribution in [0.3, 0.4) is 0 Å². The molecule has 0 unspecified atom stereocenters. The van der Waals surface area contributed by atoms with Crippen LogP contribution < -0.4 is 5.32 Å². The number of nitrogens with zero attached hydrogens (tertiary/aromatic N) is 3. The van der Waals surface area contributed by atoms with Gasteiger partial charge >= 0.3 is 0 Å². The molecule has 0 bridgehead atoms. The van der Waals surface area contributed by atoms with Crippen molar-refractivity contribution in [1.82, 2.24) is 19.9 Å². The van der Waals surface area contributed by atoms with E-state index in [1.54, 1.807) is 19.4 Å². The molecule has 4 rings (SSSR count). The van der Waals surface area contributed by atoms with Gasteiger partial charge in [0.15, 0.2) is 0 Å². The maximum absolute atomic E-state index is 12.2. The lowest BCUT2D eigenvalue weighted by Gasteiger charge is -2.12. The predicted molar refractivity (Wildman–Crippen MR) is 97.9 cm³/mol. The lowest BCUT2D eigenvalue weighted by Crippen LogP contribution is -2.32. The highest BCUT2D eigenvalue weighted by atomic mass is 35.5. The largest absolute Gasteiger partial charge is 0.351 e. The van der Waals surface area contributed by atoms with Gasteiger partial charge in [0.1, 0.15) is 16.5 Å². The summed E-state index contributed by atoms with van der Waals surface area (Å²) >= 11 is 12.1. The number of imidazole rings is 1. The van der Waals surface area contributed by atoms with Crippen LogP contribution in [0, 0.1) is 5.41 Å². The van der Waals surface area contributed by atoms with Crippen LogP contribution in [0.1, 0.15) is 18.9 Å². The van der Waals surface area contributed by atoms with Crippen molar-refractivity contribution in [2.24, 2.45) is 5.41 Å². The van der Waals surface area contributed by atoms with E-state index >= 15 is 0 Å². The fraction of sp³-hybridized carbons (Fsp3) is 0.278. The summed E-state index contributed by atoms with van der Waals surface area (Å²) in [5, 5.41) is 2.87. The summed E-state index contributed by atoms with van der Waals surface area (Å²) < 4.78 is 0.972. The van der Waals surface area contributed by atoms with Gasteiger partial charge in [-0.05, 0) is 37.1 Å². The molecule has 1 atom stereocenters. The third-order valence-electron chi connectivity index (χ3n) is 4.72. The first-order chi connectivity index (χ1) is 11.9. The first-order valence-corrected chi connectivity index (χ1v) is 8.70. The fourth-order valence-corrected chi connectivity index (χ4v) is 3.54. The third-order valence-corrected chi connectivity index (χ3v) is 5.82. The lowest BCUT2D eigenvalue weighted by molar-refractivity contribution is -0.125. The van der Waals surface area contributed by atoms with E-state index in [-0.39, 0.29) is 5.91 Å². The Morgan fingerprint density at radius 2 is 2.00 bits per heavy atom. The molecule has 1 amide bonds. The molecule has 0 spiro atoms. The van der Waals surface area contributed by atoms with Crippen LogP contribution in [0.2, 0.25) is 0 Å². The zero-order valence-electron chi connectivity index (χ0n) is 13.5. The van der Waals surface area contributed by atoms with E-state index in [9.17, 15) is 4.79 Å². The van der Waals surface area contributed by atoms with Gasteiger partial charge in [0.25, 0.3) is 0 Å². The first kappa shape index (κ1) is 16.4. The van der Waals surface area contributed by atoms with Gasteiger partial charge in [0.05, 0.1) is 16.4 Å². The van der Waals surface area contributed by atoms with Crippen molar-refractivity contribution in [1.29, 1.82) is 0 Å². The number of carbonyl (C=O) groups excluding carboxylic acids is 1. The number of halogens is 2. The number of aromatic nitrogens is 3. The molecule has 1 saturated carbocycles. The smallest absolute Gasteiger partial charge is 0.229 e. The van der Waals surface area contributed by atoms with Crippen LogP contribution in [-0.2, 0) is 11.3 Å². The zero-order valence-corrected chi connectivity index (χ0v) is 15.1. The minimum Gasteiger partial charge on any atom is -0.351 e. The zero-order chi connectivity index (χ0) is 17.7. The third kappa shape index (κ3) is 2.77. The van der Waals surface area contributed by atoms with Gasteiger partial charge in [-0.15, -0.1) is 23.2 Å². The normalized spacial score (nSPS) is 21.2. The molecule has 1 aromatic carbocycles. The van der Waals surface area contributed by atoms with E-state index in [0.29, 0.717) is 13.0 Å². The standard InChI is InChI=1S/C18H16Cl2N4O/c1-17(10-18(17,19)20)16(25)22-9-12-6-7-15(21-8-12)24-11-23-13-4-2-3-5-14(13)24/h2-8,11H,9-10H2,1H3,(H,22,25)/t17-/m1/s1. The second-order valence-electron chi connectivity index (χ2n) is 6.52. The number of amides is 1. The molecule has 0 saturated heterocycles. The molecule has 1 fully saturated rings. The minimum absolute atomic E-state index is 0.137. The highest BCUT2D eigenvalue weighted by Crippen LogP contribution is 2.63. The summed E-state index contributed by atoms with van der Waals surface area (Å²) in [4.78, 5) is 21.0. The van der Waals surface area contributed by atoms with Crippen LogP contribution >= 0.6 is 23.2 Å². The Hall–Kier alpha value is -2.11. The predicted octanol–water partition coefficient (Wildman–Crippen LogP) is 3.62. The maximum Gasteiger partial charge on any atom is 0.229 e. The second-order valence-corrected chi connectivity index (χ2v) is 8.01. The molecule has 1 N–H and O–H groups in total. The van der Waals surface area contributed by atoms with Crippen molar-refractivity contribution >= 4 is 40.1 Å². The molecule has 0 radical (unpaired) electrons. The van der Waals surface area contributed by atoms with Crippen molar-refractivity contribution in [3.8, 4) is 5.82 Å². The molecular formula is C18H16Cl2N4O. The average Bonchev–Trinajstić information content (AvgIpc) is 2.96. The fourth-order valence-electron chi connectivity index (χ4n) is 2.83. The van der Waals surface area contributed by atoms with Crippen molar-refractivity contribution in [2.75, 3.05) is 0 Å². The number of benzene rings is 1. The Bertz CT molecular complexity index is 951. The van der Waals surface area contributed by atoms with Gasteiger partial charge in [0.2, 0.25) is 5.91 Å². The first-order valence-electron chi connectivity index (χ1n) is 7.94. The van der Waals surface area contributed by atoms with E-state index in [1.165, 1.54) is 0 Å². The topological polar surface area (TPSA) is 59.8 Å². The number of alkyl halides is 2. The monoisotopic (exact) mass is 374 g/mol. The summed E-state index contributed by atoms with van der Waals surface area (Å²) in [6, 6.07) is 11.7. The summed E-state index contributed by atoms with van der Waals surface area (Å²) in [5.74, 6) is 0.639. The summed E-state index contributed by atoms with van der Waals surface area (Å²) in [6.45, 7) is 2.16. The van der Waals surface area contributed by atoms with E-state index in [4.69, 9.17) is 23.2 Å². The van der Waals surface area contributed by atoms with Crippen LogP contribution in [0.5, 0.6) is 0 Å². The van der Waals surface area contributed by atoms with Gasteiger partial charge in [-0.25, -0.2) is 9.97 Å². The second kappa shape index (κ2) is 5.71. The van der Waals surface area contributed by atoms with Crippen LogP contribution in [-0.4, -0.2) is 24.8 Å². The molecule has 128 valence electrons. The van der Waals surface area contributed by atoms with Crippen LogP contribution in [0.25, 0.3) is 16.9 Å². The Balaban J connectivity index is 1.47. The molecule has 0 aliphatic heterocycles.